The third kappa shape index (κ3) is 3.88. The smallest absolute Gasteiger partial charge is 0.262 e. The Hall–Kier alpha value is -3.62. The normalized spacial score (nSPS) is 16.6. The van der Waals surface area contributed by atoms with E-state index in [1.54, 1.807) is 24.3 Å². The molecule has 9 heteroatoms. The lowest BCUT2D eigenvalue weighted by atomic mass is 9.97. The van der Waals surface area contributed by atoms with Crippen LogP contribution in [0.1, 0.15) is 37.9 Å². The monoisotopic (exact) mass is 381 g/mol. The minimum atomic E-state index is -0.457. The van der Waals surface area contributed by atoms with Crippen LogP contribution in [0.2, 0.25) is 0 Å². The van der Waals surface area contributed by atoms with Crippen molar-refractivity contribution in [3.8, 4) is 0 Å². The lowest BCUT2D eigenvalue weighted by Gasteiger charge is -2.39. The van der Waals surface area contributed by atoms with Crippen molar-refractivity contribution in [3.63, 3.8) is 0 Å². The topological polar surface area (TPSA) is 114 Å². The zero-order valence-electron chi connectivity index (χ0n) is 15.6. The van der Waals surface area contributed by atoms with Gasteiger partial charge in [-0.25, -0.2) is 0 Å². The van der Waals surface area contributed by atoms with Crippen molar-refractivity contribution in [2.75, 3.05) is 0 Å². The summed E-state index contributed by atoms with van der Waals surface area (Å²) in [5.41, 5.74) is 1.79. The molecular formula is C19H19N5O4. The summed E-state index contributed by atoms with van der Waals surface area (Å²) in [5.74, 6) is 0. The maximum absolute atomic E-state index is 10.9. The number of nitro benzene ring substituents is 2. The zero-order valence-corrected chi connectivity index (χ0v) is 15.6. The first-order chi connectivity index (χ1) is 13.2. The minimum Gasteiger partial charge on any atom is -0.262 e. The molecule has 9 nitrogen and oxygen atoms in total. The summed E-state index contributed by atoms with van der Waals surface area (Å²) in [4.78, 5) is 20.9. The second kappa shape index (κ2) is 7.18. The molecule has 0 N–H and O–H groups in total. The zero-order chi connectivity index (χ0) is 20.5. The number of hydrogen-bond acceptors (Lipinski definition) is 7. The number of benzene rings is 2. The molecule has 0 aliphatic carbocycles. The van der Waals surface area contributed by atoms with Crippen molar-refractivity contribution in [2.24, 2.45) is 10.3 Å². The molecule has 1 aliphatic rings. The highest BCUT2D eigenvalue weighted by Crippen LogP contribution is 2.37. The fourth-order valence-electron chi connectivity index (χ4n) is 2.90. The number of rotatable bonds is 4. The van der Waals surface area contributed by atoms with Crippen molar-refractivity contribution < 1.29 is 9.85 Å². The van der Waals surface area contributed by atoms with Crippen LogP contribution < -0.4 is 0 Å². The summed E-state index contributed by atoms with van der Waals surface area (Å²) in [5, 5.41) is 32.2. The van der Waals surface area contributed by atoms with E-state index in [4.69, 9.17) is 0 Å². The van der Waals surface area contributed by atoms with Gasteiger partial charge in [-0.05, 0) is 56.7 Å². The van der Waals surface area contributed by atoms with Gasteiger partial charge in [0.25, 0.3) is 11.4 Å². The van der Waals surface area contributed by atoms with Crippen LogP contribution >= 0.6 is 0 Å². The summed E-state index contributed by atoms with van der Waals surface area (Å²) in [6.07, 6.45) is 1.90. The molecule has 0 saturated heterocycles. The SMILES string of the molecule is CC(C)(C)N1N=NC(c2ccc([N+](=O)[O-])cc2)=CC1c1ccc([N+](=O)[O-])cc1. The fourth-order valence-corrected chi connectivity index (χ4v) is 2.90. The molecule has 1 heterocycles. The van der Waals surface area contributed by atoms with Crippen LogP contribution in [-0.4, -0.2) is 20.4 Å². The van der Waals surface area contributed by atoms with E-state index in [0.29, 0.717) is 11.3 Å². The van der Waals surface area contributed by atoms with Gasteiger partial charge in [0.05, 0.1) is 27.1 Å². The Kier molecular flexibility index (Phi) is 4.91. The lowest BCUT2D eigenvalue weighted by Crippen LogP contribution is -2.40. The number of nitro groups is 2. The van der Waals surface area contributed by atoms with Crippen molar-refractivity contribution >= 4 is 17.1 Å². The average Bonchev–Trinajstić information content (AvgIpc) is 2.67. The molecule has 28 heavy (non-hydrogen) atoms. The van der Waals surface area contributed by atoms with Gasteiger partial charge in [0.15, 0.2) is 0 Å². The van der Waals surface area contributed by atoms with Crippen LogP contribution in [0.5, 0.6) is 0 Å². The molecular weight excluding hydrogens is 362 g/mol. The predicted octanol–water partition coefficient (Wildman–Crippen LogP) is 5.07. The molecule has 0 radical (unpaired) electrons. The van der Waals surface area contributed by atoms with Gasteiger partial charge >= 0.3 is 0 Å². The molecule has 2 aromatic rings. The van der Waals surface area contributed by atoms with Crippen molar-refractivity contribution in [2.45, 2.75) is 32.4 Å². The van der Waals surface area contributed by atoms with E-state index in [0.717, 1.165) is 5.56 Å². The second-order valence-electron chi connectivity index (χ2n) is 7.35. The van der Waals surface area contributed by atoms with E-state index in [2.05, 4.69) is 10.3 Å². The number of non-ortho nitro benzene ring substituents is 2. The molecule has 2 aromatic carbocycles. The molecule has 0 fully saturated rings. The van der Waals surface area contributed by atoms with Gasteiger partial charge in [-0.1, -0.05) is 5.22 Å². The standard InChI is InChI=1S/C19H19N5O4/c1-19(2,3)22-18(14-6-10-16(11-7-14)24(27)28)12-17(20-21-22)13-4-8-15(9-5-13)23(25)26/h4-12,18H,1-3H3. The second-order valence-corrected chi connectivity index (χ2v) is 7.35. The molecule has 3 rings (SSSR count). The molecule has 1 aliphatic heterocycles. The van der Waals surface area contributed by atoms with E-state index >= 15 is 0 Å². The van der Waals surface area contributed by atoms with Crippen LogP contribution in [0.3, 0.4) is 0 Å². The summed E-state index contributed by atoms with van der Waals surface area (Å²) in [6, 6.07) is 12.1. The first-order valence-electron chi connectivity index (χ1n) is 8.59. The van der Waals surface area contributed by atoms with E-state index in [-0.39, 0.29) is 23.0 Å². The van der Waals surface area contributed by atoms with Crippen molar-refractivity contribution in [3.05, 3.63) is 86.0 Å². The highest BCUT2D eigenvalue weighted by Gasteiger charge is 2.31. The summed E-state index contributed by atoms with van der Waals surface area (Å²) < 4.78 is 0. The first-order valence-corrected chi connectivity index (χ1v) is 8.59. The largest absolute Gasteiger partial charge is 0.269 e. The number of hydrogen-bond donors (Lipinski definition) is 0. The van der Waals surface area contributed by atoms with Gasteiger partial charge in [0.1, 0.15) is 0 Å². The average molecular weight is 381 g/mol. The van der Waals surface area contributed by atoms with E-state index in [9.17, 15) is 20.2 Å². The van der Waals surface area contributed by atoms with Gasteiger partial charge in [-0.15, -0.1) is 5.11 Å². The Morgan fingerprint density at radius 2 is 1.39 bits per heavy atom. The highest BCUT2D eigenvalue weighted by atomic mass is 16.6. The maximum Gasteiger partial charge on any atom is 0.269 e. The predicted molar refractivity (Wildman–Crippen MR) is 103 cm³/mol. The molecule has 0 aromatic heterocycles. The van der Waals surface area contributed by atoms with Crippen molar-refractivity contribution in [1.82, 2.24) is 5.01 Å². The van der Waals surface area contributed by atoms with Crippen LogP contribution in [0.25, 0.3) is 5.70 Å². The number of nitrogens with zero attached hydrogens (tertiary/aromatic N) is 5. The lowest BCUT2D eigenvalue weighted by molar-refractivity contribution is -0.385. The maximum atomic E-state index is 10.9. The van der Waals surface area contributed by atoms with Crippen LogP contribution in [0.4, 0.5) is 11.4 Å². The van der Waals surface area contributed by atoms with Crippen molar-refractivity contribution in [1.29, 1.82) is 0 Å². The highest BCUT2D eigenvalue weighted by molar-refractivity contribution is 5.66. The van der Waals surface area contributed by atoms with Gasteiger partial charge in [0, 0.05) is 29.8 Å². The van der Waals surface area contributed by atoms with Crippen LogP contribution in [0.15, 0.2) is 64.9 Å². The molecule has 1 atom stereocenters. The Morgan fingerprint density at radius 1 is 0.893 bits per heavy atom. The molecule has 0 bridgehead atoms. The quantitative estimate of drug-likeness (QED) is 0.542. The Balaban J connectivity index is 2.00. The van der Waals surface area contributed by atoms with E-state index in [1.807, 2.05) is 31.9 Å². The molecule has 1 unspecified atom stereocenters. The molecule has 0 amide bonds. The fraction of sp³-hybridized carbons (Fsp3) is 0.263. The summed E-state index contributed by atoms with van der Waals surface area (Å²) >= 11 is 0. The summed E-state index contributed by atoms with van der Waals surface area (Å²) in [7, 11) is 0. The molecule has 144 valence electrons. The minimum absolute atomic E-state index is 0.000310. The van der Waals surface area contributed by atoms with E-state index < -0.39 is 9.85 Å². The third-order valence-electron chi connectivity index (χ3n) is 4.33. The molecule has 0 saturated carbocycles. The Bertz CT molecular complexity index is 959. The summed E-state index contributed by atoms with van der Waals surface area (Å²) in [6.45, 7) is 5.99. The Labute approximate surface area is 161 Å². The first kappa shape index (κ1) is 19.2. The van der Waals surface area contributed by atoms with Gasteiger partial charge in [-0.2, -0.15) is 0 Å². The van der Waals surface area contributed by atoms with Crippen LogP contribution in [-0.2, 0) is 0 Å². The van der Waals surface area contributed by atoms with Gasteiger partial charge in [0.2, 0.25) is 0 Å². The van der Waals surface area contributed by atoms with Gasteiger partial charge < -0.3 is 0 Å². The van der Waals surface area contributed by atoms with Crippen LogP contribution in [0, 0.1) is 20.2 Å². The van der Waals surface area contributed by atoms with Gasteiger partial charge in [-0.3, -0.25) is 25.2 Å². The third-order valence-corrected chi connectivity index (χ3v) is 4.33. The molecule has 0 spiro atoms. The van der Waals surface area contributed by atoms with E-state index in [1.165, 1.54) is 24.3 Å². The Morgan fingerprint density at radius 3 is 1.86 bits per heavy atom.